The van der Waals surface area contributed by atoms with Crippen molar-refractivity contribution in [1.29, 1.82) is 0 Å². The van der Waals surface area contributed by atoms with Crippen LogP contribution in [0.3, 0.4) is 0 Å². The van der Waals surface area contributed by atoms with Gasteiger partial charge in [-0.05, 0) is 30.5 Å². The highest BCUT2D eigenvalue weighted by Gasteiger charge is 2.29. The number of carboxylic acids is 1. The van der Waals surface area contributed by atoms with Gasteiger partial charge >= 0.3 is 5.97 Å². The second-order valence-electron chi connectivity index (χ2n) is 7.46. The zero-order chi connectivity index (χ0) is 20.8. The third-order valence-electron chi connectivity index (χ3n) is 5.51. The van der Waals surface area contributed by atoms with Crippen LogP contribution in [0.5, 0.6) is 0 Å². The van der Waals surface area contributed by atoms with E-state index in [0.29, 0.717) is 37.5 Å². The van der Waals surface area contributed by atoms with Crippen LogP contribution < -0.4 is 10.6 Å². The Balaban J connectivity index is 1.61. The van der Waals surface area contributed by atoms with E-state index in [1.54, 1.807) is 28.8 Å². The number of thioether (sulfide) groups is 1. The molecule has 158 valence electrons. The quantitative estimate of drug-likeness (QED) is 0.600. The van der Waals surface area contributed by atoms with Gasteiger partial charge in [0.15, 0.2) is 0 Å². The van der Waals surface area contributed by atoms with Gasteiger partial charge in [0, 0.05) is 48.6 Å². The van der Waals surface area contributed by atoms with Crippen molar-refractivity contribution in [3.8, 4) is 0 Å². The number of carbonyl (C=O) groups is 3. The lowest BCUT2D eigenvalue weighted by Gasteiger charge is -2.31. The van der Waals surface area contributed by atoms with Crippen LogP contribution >= 0.6 is 23.4 Å². The highest BCUT2D eigenvalue weighted by Crippen LogP contribution is 2.25. The number of hydrogen-bond donors (Lipinski definition) is 3. The summed E-state index contributed by atoms with van der Waals surface area (Å²) >= 11 is 7.68. The summed E-state index contributed by atoms with van der Waals surface area (Å²) in [5, 5.41) is 15.9. The molecule has 0 bridgehead atoms. The van der Waals surface area contributed by atoms with E-state index >= 15 is 0 Å². The van der Waals surface area contributed by atoms with E-state index < -0.39 is 5.97 Å². The third-order valence-corrected chi connectivity index (χ3v) is 6.71. The molecule has 2 fully saturated rings. The first-order chi connectivity index (χ1) is 13.9. The minimum atomic E-state index is -0.794. The number of likely N-dealkylation sites (tertiary alicyclic amines) is 1. The van der Waals surface area contributed by atoms with Crippen LogP contribution in [0.15, 0.2) is 24.3 Å². The van der Waals surface area contributed by atoms with Gasteiger partial charge in [0.2, 0.25) is 11.8 Å². The fourth-order valence-corrected chi connectivity index (χ4v) is 4.74. The largest absolute Gasteiger partial charge is 0.481 e. The predicted molar refractivity (Wildman–Crippen MR) is 113 cm³/mol. The summed E-state index contributed by atoms with van der Waals surface area (Å²) in [7, 11) is 0. The van der Waals surface area contributed by atoms with Gasteiger partial charge in [0.1, 0.15) is 0 Å². The standard InChI is InChI=1S/C20H26ClN3O4S/c21-16-3-1-13(2-4-16)15(10-22-19(26)17-11-29-12-23-17)9-18(25)24-7-5-14(6-8-24)20(27)28/h1-4,14-15,17,23H,5-12H2,(H,22,26)(H,27,28). The summed E-state index contributed by atoms with van der Waals surface area (Å²) in [6.07, 6.45) is 1.22. The third kappa shape index (κ3) is 6.10. The van der Waals surface area contributed by atoms with Crippen molar-refractivity contribution < 1.29 is 19.5 Å². The predicted octanol–water partition coefficient (Wildman–Crippen LogP) is 1.92. The molecule has 7 nitrogen and oxygen atoms in total. The van der Waals surface area contributed by atoms with E-state index in [0.717, 1.165) is 17.2 Å². The molecule has 2 atom stereocenters. The Labute approximate surface area is 179 Å². The molecule has 0 aliphatic carbocycles. The normalized spacial score (nSPS) is 21.0. The zero-order valence-electron chi connectivity index (χ0n) is 16.1. The number of piperidine rings is 1. The Morgan fingerprint density at radius 3 is 2.52 bits per heavy atom. The van der Waals surface area contributed by atoms with Gasteiger partial charge in [-0.3, -0.25) is 19.7 Å². The molecule has 0 saturated carbocycles. The van der Waals surface area contributed by atoms with Gasteiger partial charge in [-0.25, -0.2) is 0 Å². The topological polar surface area (TPSA) is 98.7 Å². The molecule has 2 saturated heterocycles. The molecular weight excluding hydrogens is 414 g/mol. The first kappa shape index (κ1) is 21.9. The van der Waals surface area contributed by atoms with Crippen molar-refractivity contribution in [3.05, 3.63) is 34.9 Å². The number of carboxylic acid groups (broad SMARTS) is 1. The molecule has 1 aromatic carbocycles. The van der Waals surface area contributed by atoms with E-state index in [9.17, 15) is 14.4 Å². The molecule has 0 spiro atoms. The Morgan fingerprint density at radius 1 is 1.24 bits per heavy atom. The number of aliphatic carboxylic acids is 1. The summed E-state index contributed by atoms with van der Waals surface area (Å²) in [4.78, 5) is 38.1. The number of benzene rings is 1. The number of amides is 2. The van der Waals surface area contributed by atoms with Crippen LogP contribution in [0, 0.1) is 5.92 Å². The second kappa shape index (κ2) is 10.3. The van der Waals surface area contributed by atoms with Crippen molar-refractivity contribution >= 4 is 41.1 Å². The van der Waals surface area contributed by atoms with E-state index in [-0.39, 0.29) is 36.1 Å². The summed E-state index contributed by atoms with van der Waals surface area (Å²) in [6.45, 7) is 1.28. The van der Waals surface area contributed by atoms with Gasteiger partial charge in [-0.2, -0.15) is 0 Å². The fraction of sp³-hybridized carbons (Fsp3) is 0.550. The van der Waals surface area contributed by atoms with Crippen molar-refractivity contribution in [2.75, 3.05) is 31.3 Å². The Bertz CT molecular complexity index is 732. The maximum Gasteiger partial charge on any atom is 0.306 e. The van der Waals surface area contributed by atoms with Crippen LogP contribution in [-0.2, 0) is 14.4 Å². The number of halogens is 1. The van der Waals surface area contributed by atoms with Gasteiger partial charge in [-0.15, -0.1) is 11.8 Å². The molecule has 2 unspecified atom stereocenters. The Morgan fingerprint density at radius 2 is 1.93 bits per heavy atom. The maximum absolute atomic E-state index is 12.9. The van der Waals surface area contributed by atoms with E-state index in [2.05, 4.69) is 10.6 Å². The van der Waals surface area contributed by atoms with Crippen LogP contribution in [-0.4, -0.2) is 65.1 Å². The Hall–Kier alpha value is -1.77. The summed E-state index contributed by atoms with van der Waals surface area (Å²) in [6, 6.07) is 7.13. The number of rotatable bonds is 7. The van der Waals surface area contributed by atoms with Gasteiger partial charge in [0.25, 0.3) is 0 Å². The average molecular weight is 440 g/mol. The summed E-state index contributed by atoms with van der Waals surface area (Å²) in [5.74, 6) is 0.106. The van der Waals surface area contributed by atoms with Gasteiger partial charge < -0.3 is 15.3 Å². The molecule has 0 aromatic heterocycles. The summed E-state index contributed by atoms with van der Waals surface area (Å²) in [5.41, 5.74) is 0.942. The zero-order valence-corrected chi connectivity index (χ0v) is 17.7. The van der Waals surface area contributed by atoms with Crippen LogP contribution in [0.1, 0.15) is 30.7 Å². The Kier molecular flexibility index (Phi) is 7.80. The fourth-order valence-electron chi connectivity index (χ4n) is 3.67. The van der Waals surface area contributed by atoms with Gasteiger partial charge in [-0.1, -0.05) is 23.7 Å². The van der Waals surface area contributed by atoms with E-state index in [1.165, 1.54) is 0 Å². The highest BCUT2D eigenvalue weighted by molar-refractivity contribution is 7.99. The molecule has 0 radical (unpaired) electrons. The lowest BCUT2D eigenvalue weighted by atomic mass is 9.93. The molecule has 29 heavy (non-hydrogen) atoms. The van der Waals surface area contributed by atoms with E-state index in [1.807, 2.05) is 12.1 Å². The molecule has 3 rings (SSSR count). The smallest absolute Gasteiger partial charge is 0.306 e. The molecule has 2 aliphatic heterocycles. The van der Waals surface area contributed by atoms with Crippen LogP contribution in [0.2, 0.25) is 5.02 Å². The number of nitrogens with one attached hydrogen (secondary N) is 2. The van der Waals surface area contributed by atoms with Crippen molar-refractivity contribution in [2.24, 2.45) is 5.92 Å². The summed E-state index contributed by atoms with van der Waals surface area (Å²) < 4.78 is 0. The van der Waals surface area contributed by atoms with E-state index in [4.69, 9.17) is 16.7 Å². The van der Waals surface area contributed by atoms with Crippen molar-refractivity contribution in [1.82, 2.24) is 15.5 Å². The number of hydrogen-bond acceptors (Lipinski definition) is 5. The molecular formula is C20H26ClN3O4S. The SMILES string of the molecule is O=C(O)C1CCN(C(=O)CC(CNC(=O)C2CSCN2)c2ccc(Cl)cc2)CC1. The maximum atomic E-state index is 12.9. The molecule has 9 heteroatoms. The monoisotopic (exact) mass is 439 g/mol. The minimum absolute atomic E-state index is 0.0161. The molecule has 1 aromatic rings. The first-order valence-corrected chi connectivity index (χ1v) is 11.3. The molecule has 3 N–H and O–H groups in total. The second-order valence-corrected chi connectivity index (χ2v) is 8.93. The molecule has 2 aliphatic rings. The highest BCUT2D eigenvalue weighted by atomic mass is 35.5. The van der Waals surface area contributed by atoms with Crippen LogP contribution in [0.25, 0.3) is 0 Å². The number of carbonyl (C=O) groups excluding carboxylic acids is 2. The number of nitrogens with zero attached hydrogens (tertiary/aromatic N) is 1. The minimum Gasteiger partial charge on any atom is -0.481 e. The lowest BCUT2D eigenvalue weighted by Crippen LogP contribution is -2.44. The van der Waals surface area contributed by atoms with Crippen molar-refractivity contribution in [3.63, 3.8) is 0 Å². The first-order valence-electron chi connectivity index (χ1n) is 9.79. The molecule has 2 amide bonds. The van der Waals surface area contributed by atoms with Crippen molar-refractivity contribution in [2.45, 2.75) is 31.2 Å². The molecule has 2 heterocycles. The van der Waals surface area contributed by atoms with Gasteiger partial charge in [0.05, 0.1) is 12.0 Å². The average Bonchev–Trinajstić information content (AvgIpc) is 3.26. The lowest BCUT2D eigenvalue weighted by molar-refractivity contribution is -0.145. The van der Waals surface area contributed by atoms with Crippen LogP contribution in [0.4, 0.5) is 0 Å².